The second-order valence-electron chi connectivity index (χ2n) is 5.81. The van der Waals surface area contributed by atoms with Crippen LogP contribution in [0.2, 0.25) is 0 Å². The minimum atomic E-state index is -4.30. The van der Waals surface area contributed by atoms with Gasteiger partial charge in [-0.2, -0.15) is 13.2 Å². The zero-order chi connectivity index (χ0) is 16.5. The molecule has 0 saturated heterocycles. The molecule has 0 radical (unpaired) electrons. The second-order valence-corrected chi connectivity index (χ2v) is 5.81. The third-order valence-corrected chi connectivity index (χ3v) is 4.49. The van der Waals surface area contributed by atoms with Crippen LogP contribution in [-0.4, -0.2) is 33.5 Å². The highest BCUT2D eigenvalue weighted by Gasteiger charge is 2.47. The number of hydrogen-bond donors (Lipinski definition) is 2. The van der Waals surface area contributed by atoms with E-state index in [0.29, 0.717) is 30.5 Å². The molecule has 1 fully saturated rings. The normalized spacial score (nSPS) is 22.8. The van der Waals surface area contributed by atoms with Crippen molar-refractivity contribution in [2.24, 2.45) is 5.92 Å². The van der Waals surface area contributed by atoms with Gasteiger partial charge in [0.25, 0.3) is 0 Å². The molecule has 0 amide bonds. The zero-order valence-electron chi connectivity index (χ0n) is 12.4. The van der Waals surface area contributed by atoms with Gasteiger partial charge in [0.15, 0.2) is 0 Å². The monoisotopic (exact) mass is 319 g/mol. The Kier molecular flexibility index (Phi) is 4.84. The molecule has 1 heterocycles. The smallest absolute Gasteiger partial charge is 0.392 e. The fourth-order valence-electron chi connectivity index (χ4n) is 3.52. The molecule has 1 saturated carbocycles. The topological polar surface area (TPSA) is 62.5 Å². The minimum absolute atomic E-state index is 0.00921. The van der Waals surface area contributed by atoms with E-state index in [4.69, 9.17) is 5.11 Å². The van der Waals surface area contributed by atoms with Crippen molar-refractivity contribution < 1.29 is 28.2 Å². The van der Waals surface area contributed by atoms with E-state index < -0.39 is 24.0 Å². The Morgan fingerprint density at radius 1 is 1.36 bits per heavy atom. The molecule has 2 rings (SSSR count). The van der Waals surface area contributed by atoms with Gasteiger partial charge in [-0.15, -0.1) is 0 Å². The summed E-state index contributed by atoms with van der Waals surface area (Å²) in [5.41, 5.74) is 0.797. The van der Waals surface area contributed by atoms with Crippen molar-refractivity contribution in [1.82, 2.24) is 4.57 Å². The molecular formula is C15H20F3NO3. The van der Waals surface area contributed by atoms with Crippen molar-refractivity contribution in [3.8, 4) is 0 Å². The average Bonchev–Trinajstić information content (AvgIpc) is 2.75. The number of aromatic carboxylic acids is 1. The Labute approximate surface area is 126 Å². The van der Waals surface area contributed by atoms with E-state index in [0.717, 1.165) is 0 Å². The highest BCUT2D eigenvalue weighted by atomic mass is 19.4. The predicted octanol–water partition coefficient (Wildman–Crippen LogP) is 3.32. The third kappa shape index (κ3) is 3.14. The zero-order valence-corrected chi connectivity index (χ0v) is 12.4. The highest BCUT2D eigenvalue weighted by Crippen LogP contribution is 2.47. The van der Waals surface area contributed by atoms with Gasteiger partial charge in [0.2, 0.25) is 0 Å². The average molecular weight is 319 g/mol. The number of hydrogen-bond acceptors (Lipinski definition) is 2. The van der Waals surface area contributed by atoms with Gasteiger partial charge in [-0.25, -0.2) is 4.79 Å². The number of carboxylic acids is 1. The van der Waals surface area contributed by atoms with Crippen LogP contribution in [0.1, 0.15) is 53.2 Å². The summed E-state index contributed by atoms with van der Waals surface area (Å²) >= 11 is 0. The quantitative estimate of drug-likeness (QED) is 0.895. The van der Waals surface area contributed by atoms with Crippen LogP contribution in [0, 0.1) is 12.8 Å². The third-order valence-electron chi connectivity index (χ3n) is 4.49. The first-order valence-electron chi connectivity index (χ1n) is 7.37. The lowest BCUT2D eigenvalue weighted by Crippen LogP contribution is -2.33. The summed E-state index contributed by atoms with van der Waals surface area (Å²) in [5.74, 6) is -3.35. The first kappa shape index (κ1) is 16.9. The number of nitrogens with zero attached hydrogens (tertiary/aromatic N) is 1. The van der Waals surface area contributed by atoms with Crippen molar-refractivity contribution in [3.63, 3.8) is 0 Å². The van der Waals surface area contributed by atoms with Crippen LogP contribution in [0.3, 0.4) is 0 Å². The van der Waals surface area contributed by atoms with E-state index in [1.165, 1.54) is 10.8 Å². The summed E-state index contributed by atoms with van der Waals surface area (Å²) in [4.78, 5) is 11.3. The number of carboxylic acid groups (broad SMARTS) is 1. The number of carbonyl (C=O) groups is 1. The molecule has 0 spiro atoms. The molecule has 0 aromatic carbocycles. The number of aliphatic hydroxyl groups excluding tert-OH is 1. The van der Waals surface area contributed by atoms with E-state index in [1.54, 1.807) is 6.92 Å². The Balaban J connectivity index is 2.50. The summed E-state index contributed by atoms with van der Waals surface area (Å²) in [5, 5.41) is 18.3. The summed E-state index contributed by atoms with van der Waals surface area (Å²) in [6, 6.07) is 0. The maximum Gasteiger partial charge on any atom is 0.392 e. The predicted molar refractivity (Wildman–Crippen MR) is 74.0 cm³/mol. The van der Waals surface area contributed by atoms with Crippen LogP contribution in [-0.2, 0) is 6.54 Å². The number of aromatic nitrogens is 1. The van der Waals surface area contributed by atoms with Crippen molar-refractivity contribution in [2.75, 3.05) is 6.61 Å². The molecular weight excluding hydrogens is 299 g/mol. The van der Waals surface area contributed by atoms with Crippen LogP contribution in [0.15, 0.2) is 6.20 Å². The van der Waals surface area contributed by atoms with E-state index in [9.17, 15) is 23.1 Å². The van der Waals surface area contributed by atoms with Gasteiger partial charge in [0.05, 0.1) is 18.1 Å². The highest BCUT2D eigenvalue weighted by molar-refractivity contribution is 5.89. The van der Waals surface area contributed by atoms with Crippen molar-refractivity contribution in [1.29, 1.82) is 0 Å². The Morgan fingerprint density at radius 3 is 2.55 bits per heavy atom. The molecule has 22 heavy (non-hydrogen) atoms. The number of aliphatic hydroxyl groups is 1. The molecule has 7 heteroatoms. The van der Waals surface area contributed by atoms with Gasteiger partial charge in [0.1, 0.15) is 0 Å². The van der Waals surface area contributed by atoms with Gasteiger partial charge >= 0.3 is 12.1 Å². The summed E-state index contributed by atoms with van der Waals surface area (Å²) in [6.07, 6.45) is -1.27. The van der Waals surface area contributed by atoms with Gasteiger partial charge in [-0.05, 0) is 25.3 Å². The van der Waals surface area contributed by atoms with Gasteiger partial charge in [0, 0.05) is 24.4 Å². The molecule has 1 aliphatic rings. The molecule has 1 aromatic rings. The van der Waals surface area contributed by atoms with Crippen LogP contribution in [0.5, 0.6) is 0 Å². The Hall–Kier alpha value is -1.50. The SMILES string of the molecule is Cc1c(C(=O)O)cn(CCO)c1C1CCCCC1C(F)(F)F. The Morgan fingerprint density at radius 2 is 2.00 bits per heavy atom. The van der Waals surface area contributed by atoms with Crippen LogP contribution >= 0.6 is 0 Å². The van der Waals surface area contributed by atoms with E-state index in [-0.39, 0.29) is 25.1 Å². The van der Waals surface area contributed by atoms with Crippen molar-refractivity contribution >= 4 is 5.97 Å². The van der Waals surface area contributed by atoms with Gasteiger partial charge < -0.3 is 14.8 Å². The molecule has 2 unspecified atom stereocenters. The molecule has 0 bridgehead atoms. The molecule has 2 N–H and O–H groups in total. The molecule has 124 valence electrons. The van der Waals surface area contributed by atoms with E-state index in [1.807, 2.05) is 0 Å². The lowest BCUT2D eigenvalue weighted by Gasteiger charge is -2.34. The first-order chi connectivity index (χ1) is 10.3. The summed E-state index contributed by atoms with van der Waals surface area (Å²) in [6.45, 7) is 1.41. The Bertz CT molecular complexity index is 551. The van der Waals surface area contributed by atoms with Crippen molar-refractivity contribution in [3.05, 3.63) is 23.0 Å². The van der Waals surface area contributed by atoms with E-state index in [2.05, 4.69) is 0 Å². The summed E-state index contributed by atoms with van der Waals surface area (Å²) < 4.78 is 41.4. The lowest BCUT2D eigenvalue weighted by atomic mass is 9.76. The lowest BCUT2D eigenvalue weighted by molar-refractivity contribution is -0.187. The number of rotatable bonds is 4. The van der Waals surface area contributed by atoms with Crippen LogP contribution in [0.4, 0.5) is 13.2 Å². The fraction of sp³-hybridized carbons (Fsp3) is 0.667. The largest absolute Gasteiger partial charge is 0.478 e. The molecule has 0 aliphatic heterocycles. The standard InChI is InChI=1S/C15H20F3NO3/c1-9-11(14(21)22)8-19(6-7-20)13(9)10-4-2-3-5-12(10)15(16,17)18/h8,10,12,20H,2-7H2,1H3,(H,21,22). The van der Waals surface area contributed by atoms with Gasteiger partial charge in [-0.1, -0.05) is 12.8 Å². The van der Waals surface area contributed by atoms with Gasteiger partial charge in [-0.3, -0.25) is 0 Å². The first-order valence-corrected chi connectivity index (χ1v) is 7.37. The minimum Gasteiger partial charge on any atom is -0.478 e. The van der Waals surface area contributed by atoms with Crippen molar-refractivity contribution in [2.45, 2.75) is 51.2 Å². The molecule has 2 atom stereocenters. The van der Waals surface area contributed by atoms with E-state index >= 15 is 0 Å². The number of halogens is 3. The maximum atomic E-state index is 13.3. The van der Waals surface area contributed by atoms with Crippen LogP contribution in [0.25, 0.3) is 0 Å². The molecule has 1 aliphatic carbocycles. The molecule has 1 aromatic heterocycles. The number of alkyl halides is 3. The fourth-order valence-corrected chi connectivity index (χ4v) is 3.52. The second kappa shape index (κ2) is 6.32. The maximum absolute atomic E-state index is 13.3. The summed E-state index contributed by atoms with van der Waals surface area (Å²) in [7, 11) is 0. The van der Waals surface area contributed by atoms with Crippen LogP contribution < -0.4 is 0 Å². The molecule has 4 nitrogen and oxygen atoms in total.